The minimum Gasteiger partial charge on any atom is -0.314 e. The van der Waals surface area contributed by atoms with Crippen LogP contribution >= 0.6 is 0 Å². The van der Waals surface area contributed by atoms with Gasteiger partial charge in [0.2, 0.25) is 0 Å². The summed E-state index contributed by atoms with van der Waals surface area (Å²) in [4.78, 5) is 0. The van der Waals surface area contributed by atoms with Crippen molar-refractivity contribution < 1.29 is 0 Å². The molecular weight excluding hydrogens is 256 g/mol. The Balaban J connectivity index is 1.68. The molecule has 1 aromatic carbocycles. The summed E-state index contributed by atoms with van der Waals surface area (Å²) >= 11 is 0. The number of aryl methyl sites for hydroxylation is 1. The van der Waals surface area contributed by atoms with E-state index in [4.69, 9.17) is 0 Å². The molecule has 3 rings (SSSR count). The van der Waals surface area contributed by atoms with Crippen LogP contribution in [0.4, 0.5) is 0 Å². The van der Waals surface area contributed by atoms with Gasteiger partial charge in [-0.2, -0.15) is 0 Å². The average molecular weight is 286 g/mol. The second kappa shape index (κ2) is 6.93. The van der Waals surface area contributed by atoms with E-state index in [1.54, 1.807) is 0 Å². The zero-order valence-electron chi connectivity index (χ0n) is 13.6. The Labute approximate surface area is 129 Å². The van der Waals surface area contributed by atoms with Gasteiger partial charge in [0.25, 0.3) is 0 Å². The van der Waals surface area contributed by atoms with E-state index in [0.717, 1.165) is 12.0 Å². The lowest BCUT2D eigenvalue weighted by Gasteiger charge is -2.38. The quantitative estimate of drug-likeness (QED) is 0.875. The SMILES string of the molecule is Cc1ccccc1C(C)NC1CCCCC1C1CCCN1. The number of hydrogen-bond acceptors (Lipinski definition) is 2. The average Bonchev–Trinajstić information content (AvgIpc) is 3.02. The largest absolute Gasteiger partial charge is 0.314 e. The molecule has 4 unspecified atom stereocenters. The lowest BCUT2D eigenvalue weighted by Crippen LogP contribution is -2.47. The van der Waals surface area contributed by atoms with Gasteiger partial charge in [-0.25, -0.2) is 0 Å². The van der Waals surface area contributed by atoms with E-state index >= 15 is 0 Å². The molecule has 0 amide bonds. The highest BCUT2D eigenvalue weighted by Gasteiger charge is 2.33. The Hall–Kier alpha value is -0.860. The maximum absolute atomic E-state index is 3.96. The predicted molar refractivity (Wildman–Crippen MR) is 89.5 cm³/mol. The van der Waals surface area contributed by atoms with Gasteiger partial charge in [0.1, 0.15) is 0 Å². The van der Waals surface area contributed by atoms with Crippen molar-refractivity contribution in [1.82, 2.24) is 10.6 Å². The molecule has 2 nitrogen and oxygen atoms in total. The Morgan fingerprint density at radius 3 is 2.67 bits per heavy atom. The van der Waals surface area contributed by atoms with Crippen molar-refractivity contribution in [2.75, 3.05) is 6.54 Å². The fourth-order valence-electron chi connectivity index (χ4n) is 4.41. The summed E-state index contributed by atoms with van der Waals surface area (Å²) in [6, 6.07) is 10.7. The number of nitrogens with one attached hydrogen (secondary N) is 2. The van der Waals surface area contributed by atoms with Gasteiger partial charge in [0, 0.05) is 18.1 Å². The van der Waals surface area contributed by atoms with Gasteiger partial charge in [0.15, 0.2) is 0 Å². The van der Waals surface area contributed by atoms with Gasteiger partial charge in [-0.15, -0.1) is 0 Å². The molecule has 0 spiro atoms. The van der Waals surface area contributed by atoms with E-state index in [1.165, 1.54) is 56.2 Å². The van der Waals surface area contributed by atoms with E-state index in [1.807, 2.05) is 0 Å². The van der Waals surface area contributed by atoms with Crippen LogP contribution in [0.25, 0.3) is 0 Å². The smallest absolute Gasteiger partial charge is 0.0297 e. The molecule has 4 atom stereocenters. The van der Waals surface area contributed by atoms with Crippen molar-refractivity contribution >= 4 is 0 Å². The van der Waals surface area contributed by atoms with Gasteiger partial charge in [-0.1, -0.05) is 37.1 Å². The van der Waals surface area contributed by atoms with Crippen molar-refractivity contribution in [3.8, 4) is 0 Å². The first-order chi connectivity index (χ1) is 10.3. The Bertz CT molecular complexity index is 451. The molecule has 1 saturated carbocycles. The highest BCUT2D eigenvalue weighted by Crippen LogP contribution is 2.32. The van der Waals surface area contributed by atoms with Crippen molar-refractivity contribution in [2.24, 2.45) is 5.92 Å². The molecule has 1 heterocycles. The molecule has 0 bridgehead atoms. The third-order valence-electron chi connectivity index (χ3n) is 5.55. The maximum atomic E-state index is 3.96. The van der Waals surface area contributed by atoms with Crippen LogP contribution in [0.3, 0.4) is 0 Å². The molecule has 1 aliphatic heterocycles. The molecule has 1 aliphatic carbocycles. The third kappa shape index (κ3) is 3.49. The van der Waals surface area contributed by atoms with E-state index in [-0.39, 0.29) is 0 Å². The summed E-state index contributed by atoms with van der Waals surface area (Å²) in [5.41, 5.74) is 2.87. The van der Waals surface area contributed by atoms with Crippen LogP contribution in [0.2, 0.25) is 0 Å². The third-order valence-corrected chi connectivity index (χ3v) is 5.55. The lowest BCUT2D eigenvalue weighted by molar-refractivity contribution is 0.203. The van der Waals surface area contributed by atoms with Crippen LogP contribution in [0.15, 0.2) is 24.3 Å². The van der Waals surface area contributed by atoms with E-state index in [9.17, 15) is 0 Å². The first-order valence-electron chi connectivity index (χ1n) is 8.80. The molecule has 21 heavy (non-hydrogen) atoms. The van der Waals surface area contributed by atoms with Crippen LogP contribution in [-0.2, 0) is 0 Å². The van der Waals surface area contributed by atoms with Crippen molar-refractivity contribution in [1.29, 1.82) is 0 Å². The number of hydrogen-bond donors (Lipinski definition) is 2. The lowest BCUT2D eigenvalue weighted by atomic mass is 9.78. The van der Waals surface area contributed by atoms with Crippen LogP contribution in [-0.4, -0.2) is 18.6 Å². The standard InChI is InChI=1S/C19H30N2/c1-14-8-3-4-9-16(14)15(2)21-19-11-6-5-10-17(19)18-12-7-13-20-18/h3-4,8-9,15,17-21H,5-7,10-13H2,1-2H3. The first kappa shape index (κ1) is 15.1. The predicted octanol–water partition coefficient (Wildman–Crippen LogP) is 3.96. The topological polar surface area (TPSA) is 24.1 Å². The van der Waals surface area contributed by atoms with Crippen LogP contribution in [0.1, 0.15) is 62.6 Å². The van der Waals surface area contributed by atoms with Crippen LogP contribution < -0.4 is 10.6 Å². The Morgan fingerprint density at radius 2 is 1.90 bits per heavy atom. The summed E-state index contributed by atoms with van der Waals surface area (Å²) in [6.45, 7) is 5.78. The zero-order valence-corrected chi connectivity index (χ0v) is 13.6. The van der Waals surface area contributed by atoms with Crippen LogP contribution in [0.5, 0.6) is 0 Å². The maximum Gasteiger partial charge on any atom is 0.0297 e. The Morgan fingerprint density at radius 1 is 1.10 bits per heavy atom. The van der Waals surface area contributed by atoms with Gasteiger partial charge in [0.05, 0.1) is 0 Å². The highest BCUT2D eigenvalue weighted by molar-refractivity contribution is 5.28. The van der Waals surface area contributed by atoms with E-state index in [2.05, 4.69) is 48.7 Å². The van der Waals surface area contributed by atoms with E-state index in [0.29, 0.717) is 12.1 Å². The molecule has 0 radical (unpaired) electrons. The van der Waals surface area contributed by atoms with Gasteiger partial charge >= 0.3 is 0 Å². The summed E-state index contributed by atoms with van der Waals surface area (Å²) in [5.74, 6) is 0.827. The highest BCUT2D eigenvalue weighted by atomic mass is 15.0. The Kier molecular flexibility index (Phi) is 4.97. The second-order valence-electron chi connectivity index (χ2n) is 7.00. The molecule has 116 valence electrons. The van der Waals surface area contributed by atoms with Crippen molar-refractivity contribution in [3.05, 3.63) is 35.4 Å². The summed E-state index contributed by atoms with van der Waals surface area (Å²) in [5, 5.41) is 7.70. The second-order valence-corrected chi connectivity index (χ2v) is 7.00. The van der Waals surface area contributed by atoms with Gasteiger partial charge < -0.3 is 10.6 Å². The molecule has 0 aromatic heterocycles. The number of rotatable bonds is 4. The van der Waals surface area contributed by atoms with Crippen LogP contribution in [0, 0.1) is 12.8 Å². The first-order valence-corrected chi connectivity index (χ1v) is 8.80. The monoisotopic (exact) mass is 286 g/mol. The molecule has 2 heteroatoms. The van der Waals surface area contributed by atoms with Crippen molar-refractivity contribution in [3.63, 3.8) is 0 Å². The number of benzene rings is 1. The molecule has 2 fully saturated rings. The minimum atomic E-state index is 0.457. The van der Waals surface area contributed by atoms with Gasteiger partial charge in [-0.3, -0.25) is 0 Å². The molecule has 1 saturated heterocycles. The molecular formula is C19H30N2. The van der Waals surface area contributed by atoms with E-state index < -0.39 is 0 Å². The summed E-state index contributed by atoms with van der Waals surface area (Å²) < 4.78 is 0. The van der Waals surface area contributed by atoms with Crippen molar-refractivity contribution in [2.45, 2.75) is 70.5 Å². The zero-order chi connectivity index (χ0) is 14.7. The fourth-order valence-corrected chi connectivity index (χ4v) is 4.41. The molecule has 2 N–H and O–H groups in total. The molecule has 1 aromatic rings. The van der Waals surface area contributed by atoms with Gasteiger partial charge in [-0.05, 0) is 63.1 Å². The fraction of sp³-hybridized carbons (Fsp3) is 0.684. The summed E-state index contributed by atoms with van der Waals surface area (Å²) in [6.07, 6.45) is 8.29. The molecule has 2 aliphatic rings. The summed E-state index contributed by atoms with van der Waals surface area (Å²) in [7, 11) is 0. The minimum absolute atomic E-state index is 0.457. The normalized spacial score (nSPS) is 31.2.